The summed E-state index contributed by atoms with van der Waals surface area (Å²) >= 11 is 7.74. The number of halogens is 3. The summed E-state index contributed by atoms with van der Waals surface area (Å²) in [5.74, 6) is 0. The molecule has 3 heteroatoms. The molecule has 1 saturated carbocycles. The Morgan fingerprint density at radius 2 is 1.56 bits per heavy atom. The molecule has 1 aliphatic carbocycles. The van der Waals surface area contributed by atoms with Crippen LogP contribution in [0.15, 0.2) is 0 Å². The van der Waals surface area contributed by atoms with Crippen molar-refractivity contribution in [3.05, 3.63) is 0 Å². The van der Waals surface area contributed by atoms with Crippen LogP contribution >= 0.6 is 67.8 Å². The van der Waals surface area contributed by atoms with E-state index in [9.17, 15) is 0 Å². The van der Waals surface area contributed by atoms with Gasteiger partial charge in [-0.05, 0) is 19.3 Å². The lowest BCUT2D eigenvalue weighted by atomic mass is 10.0. The van der Waals surface area contributed by atoms with Crippen LogP contribution < -0.4 is 0 Å². The van der Waals surface area contributed by atoms with E-state index in [1.165, 1.54) is 19.3 Å². The zero-order valence-electron chi connectivity index (χ0n) is 4.99. The van der Waals surface area contributed by atoms with Gasteiger partial charge in [-0.3, -0.25) is 0 Å². The van der Waals surface area contributed by atoms with Gasteiger partial charge in [0.2, 0.25) is 0 Å². The number of hydrogen-bond donors (Lipinski definition) is 0. The molecule has 0 nitrogen and oxygen atoms in total. The van der Waals surface area contributed by atoms with Gasteiger partial charge in [-0.15, -0.1) is 0 Å². The molecule has 54 valence electrons. The van der Waals surface area contributed by atoms with E-state index in [2.05, 4.69) is 67.8 Å². The summed E-state index contributed by atoms with van der Waals surface area (Å²) in [5, 5.41) is 0. The molecule has 3 atom stereocenters. The molecule has 1 fully saturated rings. The normalized spacial score (nSPS) is 45.0. The van der Waals surface area contributed by atoms with Crippen molar-refractivity contribution in [2.75, 3.05) is 0 Å². The van der Waals surface area contributed by atoms with Gasteiger partial charge in [-0.1, -0.05) is 67.8 Å². The predicted molar refractivity (Wildman–Crippen MR) is 67.3 cm³/mol. The van der Waals surface area contributed by atoms with E-state index in [4.69, 9.17) is 0 Å². The summed E-state index contributed by atoms with van der Waals surface area (Å²) in [6, 6.07) is 0. The lowest BCUT2D eigenvalue weighted by Gasteiger charge is -2.26. The van der Waals surface area contributed by atoms with E-state index in [1.54, 1.807) is 0 Å². The molecule has 1 rings (SSSR count). The van der Waals surface area contributed by atoms with Crippen LogP contribution in [0.2, 0.25) is 0 Å². The van der Waals surface area contributed by atoms with Gasteiger partial charge >= 0.3 is 0 Å². The van der Waals surface area contributed by atoms with E-state index in [0.717, 1.165) is 11.8 Å². The zero-order valence-corrected chi connectivity index (χ0v) is 11.5. The molecule has 0 heterocycles. The second kappa shape index (κ2) is 4.27. The highest BCUT2D eigenvalue weighted by molar-refractivity contribution is 14.1. The fourth-order valence-corrected chi connectivity index (χ4v) is 4.54. The van der Waals surface area contributed by atoms with Gasteiger partial charge in [-0.2, -0.15) is 0 Å². The van der Waals surface area contributed by atoms with Gasteiger partial charge in [0, 0.05) is 11.8 Å². The molecular formula is C6H9I3. The standard InChI is InChI=1S/C6H9I3/c7-4-1-2-5(8)6(9)3-4/h4-6H,1-3H2/t4-,5+,6-/m1/s1. The topological polar surface area (TPSA) is 0 Å². The van der Waals surface area contributed by atoms with Gasteiger partial charge < -0.3 is 0 Å². The van der Waals surface area contributed by atoms with Crippen molar-refractivity contribution in [1.82, 2.24) is 0 Å². The summed E-state index contributed by atoms with van der Waals surface area (Å²) in [7, 11) is 0. The molecule has 0 amide bonds. The quantitative estimate of drug-likeness (QED) is 0.382. The number of alkyl halides is 3. The van der Waals surface area contributed by atoms with E-state index < -0.39 is 0 Å². The average Bonchev–Trinajstić information content (AvgIpc) is 1.80. The van der Waals surface area contributed by atoms with Crippen molar-refractivity contribution in [1.29, 1.82) is 0 Å². The van der Waals surface area contributed by atoms with Crippen LogP contribution in [0.5, 0.6) is 0 Å². The summed E-state index contributed by atoms with van der Waals surface area (Å²) in [6.45, 7) is 0. The van der Waals surface area contributed by atoms with Crippen molar-refractivity contribution in [2.45, 2.75) is 31.0 Å². The van der Waals surface area contributed by atoms with Gasteiger partial charge in [0.05, 0.1) is 0 Å². The summed E-state index contributed by atoms with van der Waals surface area (Å²) in [4.78, 5) is 0. The van der Waals surface area contributed by atoms with Gasteiger partial charge in [-0.25, -0.2) is 0 Å². The molecule has 0 saturated heterocycles. The van der Waals surface area contributed by atoms with Crippen LogP contribution in [0, 0.1) is 0 Å². The van der Waals surface area contributed by atoms with Crippen molar-refractivity contribution in [2.24, 2.45) is 0 Å². The predicted octanol–water partition coefficient (Wildman–Crippen LogP) is 3.58. The van der Waals surface area contributed by atoms with Crippen molar-refractivity contribution in [3.63, 3.8) is 0 Å². The van der Waals surface area contributed by atoms with Crippen LogP contribution in [0.1, 0.15) is 19.3 Å². The molecule has 0 aromatic carbocycles. The molecule has 0 spiro atoms. The van der Waals surface area contributed by atoms with Crippen molar-refractivity contribution >= 4 is 67.8 Å². The largest absolute Gasteiger partial charge is 0.0826 e. The highest BCUT2D eigenvalue weighted by atomic mass is 127. The third-order valence-corrected chi connectivity index (χ3v) is 7.00. The Bertz CT molecular complexity index is 94.3. The Balaban J connectivity index is 2.35. The molecule has 0 N–H and O–H groups in total. The number of rotatable bonds is 0. The molecule has 0 aromatic rings. The third-order valence-electron chi connectivity index (χ3n) is 1.63. The SMILES string of the molecule is I[C@@H]1CC[C@H](I)[C@H](I)C1. The second-order valence-electron chi connectivity index (χ2n) is 2.44. The molecule has 1 aliphatic rings. The average molecular weight is 462 g/mol. The van der Waals surface area contributed by atoms with E-state index in [-0.39, 0.29) is 0 Å². The zero-order chi connectivity index (χ0) is 6.85. The molecule has 0 aliphatic heterocycles. The van der Waals surface area contributed by atoms with E-state index in [0.29, 0.717) is 0 Å². The second-order valence-corrected chi connectivity index (χ2v) is 7.40. The molecule has 0 aromatic heterocycles. The van der Waals surface area contributed by atoms with E-state index >= 15 is 0 Å². The minimum Gasteiger partial charge on any atom is -0.0826 e. The molecular weight excluding hydrogens is 453 g/mol. The number of hydrogen-bond acceptors (Lipinski definition) is 0. The molecule has 0 bridgehead atoms. The first-order valence-electron chi connectivity index (χ1n) is 3.12. The Kier molecular flexibility index (Phi) is 4.41. The van der Waals surface area contributed by atoms with Gasteiger partial charge in [0.25, 0.3) is 0 Å². The maximum absolute atomic E-state index is 2.59. The van der Waals surface area contributed by atoms with Crippen LogP contribution in [-0.2, 0) is 0 Å². The molecule has 0 radical (unpaired) electrons. The lowest BCUT2D eigenvalue weighted by Crippen LogP contribution is -2.24. The van der Waals surface area contributed by atoms with Crippen molar-refractivity contribution in [3.8, 4) is 0 Å². The molecule has 9 heavy (non-hydrogen) atoms. The lowest BCUT2D eigenvalue weighted by molar-refractivity contribution is 0.578. The monoisotopic (exact) mass is 462 g/mol. The maximum Gasteiger partial charge on any atom is 0.0237 e. The maximum atomic E-state index is 2.59. The first kappa shape index (κ1) is 9.28. The first-order valence-corrected chi connectivity index (χ1v) is 6.86. The Hall–Kier alpha value is 2.19. The van der Waals surface area contributed by atoms with Crippen molar-refractivity contribution < 1.29 is 0 Å². The summed E-state index contributed by atoms with van der Waals surface area (Å²) in [6.07, 6.45) is 4.30. The Morgan fingerprint density at radius 3 is 2.00 bits per heavy atom. The summed E-state index contributed by atoms with van der Waals surface area (Å²) < 4.78 is 2.82. The van der Waals surface area contributed by atoms with Crippen LogP contribution in [0.25, 0.3) is 0 Å². The first-order chi connectivity index (χ1) is 4.20. The van der Waals surface area contributed by atoms with E-state index in [1.807, 2.05) is 0 Å². The third kappa shape index (κ3) is 2.96. The van der Waals surface area contributed by atoms with Crippen LogP contribution in [0.3, 0.4) is 0 Å². The smallest absolute Gasteiger partial charge is 0.0237 e. The van der Waals surface area contributed by atoms with Gasteiger partial charge in [0.1, 0.15) is 0 Å². The minimum absolute atomic E-state index is 0.929. The highest BCUT2D eigenvalue weighted by Crippen LogP contribution is 2.34. The Labute approximate surface area is 97.3 Å². The highest BCUT2D eigenvalue weighted by Gasteiger charge is 2.24. The fraction of sp³-hybridized carbons (Fsp3) is 1.00. The Morgan fingerprint density at radius 1 is 0.889 bits per heavy atom. The van der Waals surface area contributed by atoms with Gasteiger partial charge in [0.15, 0.2) is 0 Å². The fourth-order valence-electron chi connectivity index (χ4n) is 1.03. The van der Waals surface area contributed by atoms with Crippen LogP contribution in [-0.4, -0.2) is 11.8 Å². The minimum atomic E-state index is 0.929. The summed E-state index contributed by atoms with van der Waals surface area (Å²) in [5.41, 5.74) is 0. The molecule has 0 unspecified atom stereocenters. The van der Waals surface area contributed by atoms with Crippen LogP contribution in [0.4, 0.5) is 0 Å².